The highest BCUT2D eigenvalue weighted by Gasteiger charge is 2.27. The number of carbonyl (C=O) groups excluding carboxylic acids is 2. The molecule has 0 bridgehead atoms. The molecule has 120 valence electrons. The largest absolute Gasteiger partial charge is 0.351 e. The van der Waals surface area contributed by atoms with Crippen LogP contribution in [0.2, 0.25) is 0 Å². The zero-order valence-corrected chi connectivity index (χ0v) is 14.0. The summed E-state index contributed by atoms with van der Waals surface area (Å²) in [6, 6.07) is 18.2. The summed E-state index contributed by atoms with van der Waals surface area (Å²) in [6.45, 7) is 3.76. The van der Waals surface area contributed by atoms with Crippen molar-refractivity contribution in [2.75, 3.05) is 0 Å². The minimum Gasteiger partial charge on any atom is -0.351 e. The van der Waals surface area contributed by atoms with Crippen molar-refractivity contribution in [3.63, 3.8) is 0 Å². The second-order valence-electron chi connectivity index (χ2n) is 5.87. The lowest BCUT2D eigenvalue weighted by atomic mass is 9.94. The van der Waals surface area contributed by atoms with Crippen molar-refractivity contribution in [3.05, 3.63) is 94.3 Å². The molecule has 1 aromatic heterocycles. The van der Waals surface area contributed by atoms with Gasteiger partial charge in [-0.1, -0.05) is 60.7 Å². The highest BCUT2D eigenvalue weighted by Crippen LogP contribution is 2.26. The first-order chi connectivity index (χ1) is 11.5. The molecule has 3 aromatic rings. The number of nitrogens with zero attached hydrogens (tertiary/aromatic N) is 1. The van der Waals surface area contributed by atoms with Crippen LogP contribution in [-0.2, 0) is 7.05 Å². The molecule has 2 aromatic carbocycles. The molecule has 1 heterocycles. The van der Waals surface area contributed by atoms with Crippen molar-refractivity contribution >= 4 is 11.6 Å². The van der Waals surface area contributed by atoms with E-state index >= 15 is 0 Å². The molecule has 0 unspecified atom stereocenters. The van der Waals surface area contributed by atoms with E-state index in [9.17, 15) is 9.59 Å². The van der Waals surface area contributed by atoms with Gasteiger partial charge in [-0.15, -0.1) is 0 Å². The number of rotatable bonds is 4. The molecule has 0 atom stereocenters. The predicted octanol–water partition coefficient (Wildman–Crippen LogP) is 4.10. The summed E-state index contributed by atoms with van der Waals surface area (Å²) in [6.07, 6.45) is 0. The zero-order valence-electron chi connectivity index (χ0n) is 14.0. The molecule has 3 rings (SSSR count). The third-order valence-electron chi connectivity index (χ3n) is 4.51. The monoisotopic (exact) mass is 317 g/mol. The molecule has 0 aliphatic carbocycles. The fraction of sp³-hybridized carbons (Fsp3) is 0.143. The summed E-state index contributed by atoms with van der Waals surface area (Å²) in [5.74, 6) is -0.229. The van der Waals surface area contributed by atoms with E-state index in [1.165, 1.54) is 0 Å². The summed E-state index contributed by atoms with van der Waals surface area (Å²) in [5, 5.41) is 0. The standard InChI is InChI=1S/C21H19NO2/c1-14-18(20(23)16-10-6-4-7-11-16)19(15(2)22(14)3)21(24)17-12-8-5-9-13-17/h4-13H,1-3H3. The summed E-state index contributed by atoms with van der Waals surface area (Å²) in [4.78, 5) is 26.0. The molecule has 0 saturated carbocycles. The Morgan fingerprint density at radius 2 is 1.00 bits per heavy atom. The maximum Gasteiger partial charge on any atom is 0.195 e. The Morgan fingerprint density at radius 3 is 1.33 bits per heavy atom. The van der Waals surface area contributed by atoms with Crippen LogP contribution < -0.4 is 0 Å². The molecule has 0 saturated heterocycles. The van der Waals surface area contributed by atoms with E-state index in [4.69, 9.17) is 0 Å². The van der Waals surface area contributed by atoms with Crippen molar-refractivity contribution in [1.29, 1.82) is 0 Å². The number of carbonyl (C=O) groups is 2. The maximum atomic E-state index is 13.0. The smallest absolute Gasteiger partial charge is 0.195 e. The van der Waals surface area contributed by atoms with Crippen molar-refractivity contribution in [1.82, 2.24) is 4.57 Å². The van der Waals surface area contributed by atoms with Gasteiger partial charge in [0.05, 0.1) is 11.1 Å². The first-order valence-electron chi connectivity index (χ1n) is 7.87. The Kier molecular flexibility index (Phi) is 4.17. The SMILES string of the molecule is Cc1c(C(=O)c2ccccc2)c(C(=O)c2ccccc2)c(C)n1C. The molecular formula is C21H19NO2. The van der Waals surface area contributed by atoms with Crippen molar-refractivity contribution in [3.8, 4) is 0 Å². The Bertz CT molecular complexity index is 831. The highest BCUT2D eigenvalue weighted by atomic mass is 16.1. The van der Waals surface area contributed by atoms with E-state index in [0.29, 0.717) is 22.3 Å². The van der Waals surface area contributed by atoms with E-state index in [0.717, 1.165) is 11.4 Å². The summed E-state index contributed by atoms with van der Waals surface area (Å²) < 4.78 is 1.91. The van der Waals surface area contributed by atoms with Gasteiger partial charge < -0.3 is 4.57 Å². The molecule has 0 aliphatic rings. The highest BCUT2D eigenvalue weighted by molar-refractivity contribution is 6.20. The average Bonchev–Trinajstić information content (AvgIpc) is 2.86. The van der Waals surface area contributed by atoms with Gasteiger partial charge in [-0.25, -0.2) is 0 Å². The van der Waals surface area contributed by atoms with Crippen molar-refractivity contribution in [2.24, 2.45) is 7.05 Å². The van der Waals surface area contributed by atoms with Crippen LogP contribution in [0.25, 0.3) is 0 Å². The second-order valence-corrected chi connectivity index (χ2v) is 5.87. The Balaban J connectivity index is 2.19. The third kappa shape index (κ3) is 2.58. The van der Waals surface area contributed by atoms with Gasteiger partial charge in [-0.3, -0.25) is 9.59 Å². The first-order valence-corrected chi connectivity index (χ1v) is 7.87. The summed E-state index contributed by atoms with van der Waals surface area (Å²) in [5.41, 5.74) is 3.79. The second kappa shape index (κ2) is 6.28. The molecule has 24 heavy (non-hydrogen) atoms. The molecule has 0 amide bonds. The fourth-order valence-corrected chi connectivity index (χ4v) is 2.97. The van der Waals surface area contributed by atoms with Crippen LogP contribution in [0.5, 0.6) is 0 Å². The Hall–Kier alpha value is -2.94. The lowest BCUT2D eigenvalue weighted by Crippen LogP contribution is -2.11. The molecule has 3 nitrogen and oxygen atoms in total. The lowest BCUT2D eigenvalue weighted by molar-refractivity contribution is 0.100. The van der Waals surface area contributed by atoms with Gasteiger partial charge in [-0.05, 0) is 13.8 Å². The van der Waals surface area contributed by atoms with Crippen LogP contribution in [0.1, 0.15) is 43.2 Å². The van der Waals surface area contributed by atoms with Crippen LogP contribution in [0.4, 0.5) is 0 Å². The van der Waals surface area contributed by atoms with Crippen LogP contribution in [0.3, 0.4) is 0 Å². The van der Waals surface area contributed by atoms with Crippen LogP contribution in [0.15, 0.2) is 60.7 Å². The van der Waals surface area contributed by atoms with Gasteiger partial charge in [0, 0.05) is 29.6 Å². The average molecular weight is 317 g/mol. The number of ketones is 2. The zero-order chi connectivity index (χ0) is 17.3. The number of hydrogen-bond acceptors (Lipinski definition) is 2. The molecule has 0 radical (unpaired) electrons. The van der Waals surface area contributed by atoms with Crippen molar-refractivity contribution < 1.29 is 9.59 Å². The topological polar surface area (TPSA) is 39.1 Å². The number of hydrogen-bond donors (Lipinski definition) is 0. The molecule has 0 fully saturated rings. The molecule has 3 heteroatoms. The van der Waals surface area contributed by atoms with Gasteiger partial charge in [0.2, 0.25) is 0 Å². The fourth-order valence-electron chi connectivity index (χ4n) is 2.97. The first kappa shape index (κ1) is 15.9. The Morgan fingerprint density at radius 1 is 0.667 bits per heavy atom. The molecule has 0 spiro atoms. The third-order valence-corrected chi connectivity index (χ3v) is 4.51. The number of aromatic nitrogens is 1. The number of benzene rings is 2. The molecule has 0 N–H and O–H groups in total. The van der Waals surface area contributed by atoms with Crippen molar-refractivity contribution in [2.45, 2.75) is 13.8 Å². The van der Waals surface area contributed by atoms with Gasteiger partial charge in [0.25, 0.3) is 0 Å². The van der Waals surface area contributed by atoms with E-state index < -0.39 is 0 Å². The van der Waals surface area contributed by atoms with E-state index in [1.54, 1.807) is 24.3 Å². The predicted molar refractivity (Wildman–Crippen MR) is 94.6 cm³/mol. The van der Waals surface area contributed by atoms with Gasteiger partial charge in [-0.2, -0.15) is 0 Å². The quantitative estimate of drug-likeness (QED) is 0.679. The maximum absolute atomic E-state index is 13.0. The molecule has 0 aliphatic heterocycles. The molecular weight excluding hydrogens is 298 g/mol. The van der Waals surface area contributed by atoms with Gasteiger partial charge in [0.15, 0.2) is 11.6 Å². The van der Waals surface area contributed by atoms with Crippen LogP contribution in [0, 0.1) is 13.8 Å². The van der Waals surface area contributed by atoms with E-state index in [1.807, 2.05) is 61.9 Å². The summed E-state index contributed by atoms with van der Waals surface area (Å²) in [7, 11) is 1.88. The van der Waals surface area contributed by atoms with E-state index in [-0.39, 0.29) is 11.6 Å². The lowest BCUT2D eigenvalue weighted by Gasteiger charge is -2.06. The summed E-state index contributed by atoms with van der Waals surface area (Å²) >= 11 is 0. The van der Waals surface area contributed by atoms with Crippen LogP contribution >= 0.6 is 0 Å². The normalized spacial score (nSPS) is 10.6. The van der Waals surface area contributed by atoms with E-state index in [2.05, 4.69) is 0 Å². The Labute approximate surface area is 141 Å². The van der Waals surface area contributed by atoms with Gasteiger partial charge >= 0.3 is 0 Å². The van der Waals surface area contributed by atoms with Gasteiger partial charge in [0.1, 0.15) is 0 Å². The van der Waals surface area contributed by atoms with Crippen LogP contribution in [-0.4, -0.2) is 16.1 Å². The minimum atomic E-state index is -0.115. The minimum absolute atomic E-state index is 0.115.